The number of carbonyl (C=O) groups is 3. The molecule has 13 heteroatoms. The third-order valence-corrected chi connectivity index (χ3v) is 10.7. The van der Waals surface area contributed by atoms with Crippen molar-refractivity contribution >= 4 is 72.3 Å². The van der Waals surface area contributed by atoms with Crippen LogP contribution in [0.15, 0.2) is 108 Å². The van der Waals surface area contributed by atoms with E-state index in [-0.39, 0.29) is 48.3 Å². The Bertz CT molecular complexity index is 2490. The monoisotopic (exact) mass is 832 g/mol. The Balaban J connectivity index is 0.000000265. The quantitative estimate of drug-likeness (QED) is 0.0634. The van der Waals surface area contributed by atoms with Gasteiger partial charge in [-0.2, -0.15) is 0 Å². The van der Waals surface area contributed by atoms with Crippen molar-refractivity contribution in [3.05, 3.63) is 103 Å². The minimum Gasteiger partial charge on any atom is -0.469 e. The number of hydrogen-bond acceptors (Lipinski definition) is 10. The molecule has 0 radical (unpaired) electrons. The molecule has 0 aliphatic heterocycles. The number of methoxy groups -OCH3 is 2. The van der Waals surface area contributed by atoms with Crippen molar-refractivity contribution in [3.8, 4) is 24.7 Å². The number of hydrogen-bond donors (Lipinski definition) is 2. The highest BCUT2D eigenvalue weighted by Crippen LogP contribution is 2.36. The van der Waals surface area contributed by atoms with E-state index in [1.54, 1.807) is 36.4 Å². The number of benzene rings is 5. The van der Waals surface area contributed by atoms with E-state index in [2.05, 4.69) is 21.9 Å². The number of anilines is 4. The first-order valence-corrected chi connectivity index (χ1v) is 20.7. The third kappa shape index (κ3) is 12.2. The van der Waals surface area contributed by atoms with Crippen LogP contribution in [-0.4, -0.2) is 71.4 Å². The summed E-state index contributed by atoms with van der Waals surface area (Å²) in [7, 11) is -1.02. The van der Waals surface area contributed by atoms with Crippen LogP contribution in [0, 0.1) is 24.7 Å². The first kappa shape index (κ1) is 46.0. The molecule has 12 nitrogen and oxygen atoms in total. The maximum absolute atomic E-state index is 12.8. The second kappa shape index (κ2) is 20.8. The molecule has 0 aliphatic carbocycles. The molecule has 2 atom stereocenters. The van der Waals surface area contributed by atoms with E-state index in [0.29, 0.717) is 17.9 Å². The zero-order valence-electron chi connectivity index (χ0n) is 35.0. The van der Waals surface area contributed by atoms with E-state index in [9.17, 15) is 22.8 Å². The zero-order valence-corrected chi connectivity index (χ0v) is 35.8. The number of fused-ring (bicyclic) bond motifs is 2. The number of nitrogens with one attached hydrogen (secondary N) is 2. The van der Waals surface area contributed by atoms with Gasteiger partial charge in [0.1, 0.15) is 5.60 Å². The highest BCUT2D eigenvalue weighted by Gasteiger charge is 2.24. The van der Waals surface area contributed by atoms with E-state index >= 15 is 0 Å². The second-order valence-electron chi connectivity index (χ2n) is 14.8. The lowest BCUT2D eigenvalue weighted by Gasteiger charge is -2.30. The molecule has 314 valence electrons. The molecule has 0 heterocycles. The highest BCUT2D eigenvalue weighted by molar-refractivity contribution is 7.92. The number of amides is 1. The van der Waals surface area contributed by atoms with E-state index in [1.165, 1.54) is 14.2 Å². The number of sulfonamides is 1. The summed E-state index contributed by atoms with van der Waals surface area (Å²) in [6.45, 7) is 9.89. The zero-order chi connectivity index (χ0) is 44.0. The Labute approximate surface area is 353 Å². The van der Waals surface area contributed by atoms with Crippen LogP contribution in [0.5, 0.6) is 0 Å². The van der Waals surface area contributed by atoms with Crippen LogP contribution >= 0.6 is 0 Å². The molecule has 60 heavy (non-hydrogen) atoms. The van der Waals surface area contributed by atoms with Crippen molar-refractivity contribution in [1.29, 1.82) is 0 Å². The predicted molar refractivity (Wildman–Crippen MR) is 240 cm³/mol. The van der Waals surface area contributed by atoms with Crippen LogP contribution in [0.3, 0.4) is 0 Å². The smallest absolute Gasteiger partial charge is 0.412 e. The van der Waals surface area contributed by atoms with Gasteiger partial charge in [0.15, 0.2) is 0 Å². The Morgan fingerprint density at radius 3 is 1.50 bits per heavy atom. The average molecular weight is 833 g/mol. The lowest BCUT2D eigenvalue weighted by molar-refractivity contribution is -0.141. The van der Waals surface area contributed by atoms with Crippen molar-refractivity contribution in [2.45, 2.75) is 70.0 Å². The average Bonchev–Trinajstić information content (AvgIpc) is 3.22. The predicted octanol–water partition coefficient (Wildman–Crippen LogP) is 8.61. The van der Waals surface area contributed by atoms with Crippen LogP contribution < -0.4 is 19.8 Å². The molecule has 0 saturated heterocycles. The van der Waals surface area contributed by atoms with E-state index < -0.39 is 21.7 Å². The minimum atomic E-state index is -3.74. The van der Waals surface area contributed by atoms with Gasteiger partial charge in [-0.3, -0.25) is 19.6 Å². The summed E-state index contributed by atoms with van der Waals surface area (Å²) >= 11 is 0. The Kier molecular flexibility index (Phi) is 16.0. The van der Waals surface area contributed by atoms with Gasteiger partial charge in [-0.1, -0.05) is 78.6 Å². The topological polar surface area (TPSA) is 144 Å². The molecule has 0 unspecified atom stereocenters. The molecule has 0 spiro atoms. The Hall–Kier alpha value is -6.70. The van der Waals surface area contributed by atoms with Crippen LogP contribution in [-0.2, 0) is 33.8 Å². The molecule has 0 fully saturated rings. The lowest BCUT2D eigenvalue weighted by atomic mass is 10.0. The first-order valence-electron chi connectivity index (χ1n) is 19.2. The van der Waals surface area contributed by atoms with Crippen molar-refractivity contribution in [1.82, 2.24) is 0 Å². The SMILES string of the molecule is C#CCN(c1ccc(NC(=O)OC(C)(C)C)c2ccccc12)[C@@H](C)CC(=O)OC.C#CCN(c1ccc(NS(=O)(=O)c2ccccc2)c2ccccc12)[C@@H](C)CC(=O)OC. The number of carbonyl (C=O) groups excluding carboxylic acids is 3. The van der Waals surface area contributed by atoms with Gasteiger partial charge in [0.25, 0.3) is 10.0 Å². The summed E-state index contributed by atoms with van der Waals surface area (Å²) in [6, 6.07) is 30.2. The number of ether oxygens (including phenoxy) is 3. The summed E-state index contributed by atoms with van der Waals surface area (Å²) < 4.78 is 43.3. The second-order valence-corrected chi connectivity index (χ2v) is 16.5. The summed E-state index contributed by atoms with van der Waals surface area (Å²) in [6.07, 6.45) is 11.0. The summed E-state index contributed by atoms with van der Waals surface area (Å²) in [5.41, 5.74) is 2.20. The fraction of sp³-hybridized carbons (Fsp3) is 0.298. The van der Waals surface area contributed by atoms with Gasteiger partial charge in [-0.05, 0) is 71.0 Å². The van der Waals surface area contributed by atoms with E-state index in [1.807, 2.05) is 111 Å². The summed E-state index contributed by atoms with van der Waals surface area (Å²) in [5.74, 6) is 4.67. The molecule has 0 aliphatic rings. The standard InChI is InChI=1S/C24H24N2O4S.C23H28N2O4/c1-4-16-26(18(2)17-24(27)30-3)23-15-14-22(20-12-8-9-13-21(20)23)25-31(28,29)19-10-6-5-7-11-19;1-7-14-25(16(2)15-21(26)28-6)20-13-12-19(17-10-8-9-11-18(17)20)24-22(27)29-23(3,4)5/h1,5-15,18,25H,16-17H2,2-3H3;1,8-13,16H,14-15H2,2-6H3,(H,24,27)/t18-;16-/m00/s1. The molecule has 0 saturated carbocycles. The molecular weight excluding hydrogens is 781 g/mol. The van der Waals surface area contributed by atoms with Crippen molar-refractivity contribution < 1.29 is 37.0 Å². The van der Waals surface area contributed by atoms with Gasteiger partial charge in [0.2, 0.25) is 0 Å². The van der Waals surface area contributed by atoms with Crippen LogP contribution in [0.1, 0.15) is 47.5 Å². The van der Waals surface area contributed by atoms with Crippen LogP contribution in [0.25, 0.3) is 21.5 Å². The molecule has 5 aromatic rings. The summed E-state index contributed by atoms with van der Waals surface area (Å²) in [5, 5.41) is 6.13. The molecule has 0 aromatic heterocycles. The lowest BCUT2D eigenvalue weighted by Crippen LogP contribution is -2.35. The molecule has 1 amide bonds. The third-order valence-electron chi connectivity index (χ3n) is 9.32. The fourth-order valence-electron chi connectivity index (χ4n) is 6.51. The van der Waals surface area contributed by atoms with Crippen LogP contribution in [0.4, 0.5) is 27.5 Å². The number of esters is 2. The maximum Gasteiger partial charge on any atom is 0.412 e. The molecule has 0 bridgehead atoms. The number of rotatable bonds is 14. The van der Waals surface area contributed by atoms with Gasteiger partial charge < -0.3 is 24.0 Å². The largest absolute Gasteiger partial charge is 0.469 e. The van der Waals surface area contributed by atoms with Gasteiger partial charge in [-0.15, -0.1) is 12.8 Å². The highest BCUT2D eigenvalue weighted by atomic mass is 32.2. The van der Waals surface area contributed by atoms with E-state index in [0.717, 1.165) is 32.9 Å². The van der Waals surface area contributed by atoms with Gasteiger partial charge >= 0.3 is 18.0 Å². The molecule has 5 rings (SSSR count). The fourth-order valence-corrected chi connectivity index (χ4v) is 7.61. The number of nitrogens with zero attached hydrogens (tertiary/aromatic N) is 2. The molecule has 5 aromatic carbocycles. The summed E-state index contributed by atoms with van der Waals surface area (Å²) in [4.78, 5) is 39.9. The van der Waals surface area contributed by atoms with Crippen LogP contribution in [0.2, 0.25) is 0 Å². The molecule has 2 N–H and O–H groups in total. The maximum atomic E-state index is 12.8. The van der Waals surface area contributed by atoms with Crippen molar-refractivity contribution in [2.24, 2.45) is 0 Å². The Morgan fingerprint density at radius 2 is 1.07 bits per heavy atom. The Morgan fingerprint density at radius 1 is 0.650 bits per heavy atom. The number of terminal acetylenes is 2. The van der Waals surface area contributed by atoms with Crippen molar-refractivity contribution in [2.75, 3.05) is 47.1 Å². The molecular formula is C47H52N4O8S. The van der Waals surface area contributed by atoms with Gasteiger partial charge in [0, 0.05) is 45.0 Å². The normalized spacial score (nSPS) is 12.0. The van der Waals surface area contributed by atoms with Gasteiger partial charge in [-0.25, -0.2) is 13.2 Å². The van der Waals surface area contributed by atoms with Crippen molar-refractivity contribution in [3.63, 3.8) is 0 Å². The minimum absolute atomic E-state index is 0.161. The van der Waals surface area contributed by atoms with Gasteiger partial charge in [0.05, 0.1) is 56.4 Å². The first-order chi connectivity index (χ1) is 28.5. The van der Waals surface area contributed by atoms with E-state index in [4.69, 9.17) is 27.1 Å².